The molecule has 0 radical (unpaired) electrons. The van der Waals surface area contributed by atoms with Crippen LogP contribution < -0.4 is 5.32 Å². The number of halogens is 1. The van der Waals surface area contributed by atoms with E-state index >= 15 is 0 Å². The largest absolute Gasteiger partial charge is 0.468 e. The summed E-state index contributed by atoms with van der Waals surface area (Å²) in [5.74, 6) is 0.263. The average molecular weight is 428 g/mol. The van der Waals surface area contributed by atoms with Crippen LogP contribution in [0.25, 0.3) is 0 Å². The van der Waals surface area contributed by atoms with Crippen molar-refractivity contribution in [3.05, 3.63) is 52.9 Å². The number of carbonyl (C=O) groups is 1. The predicted octanol–water partition coefficient (Wildman–Crippen LogP) is 2.99. The standard InChI is InChI=1S/C19H26ClN3O4S/c1-13(2)23(5)28(25,26)14-8-9-16(20)15(11-14)19(24)21-12-17(22(3)4)18-7-6-10-27-18/h6-11,13,17H,12H2,1-5H3,(H,21,24). The third-order valence-electron chi connectivity index (χ3n) is 4.54. The minimum Gasteiger partial charge on any atom is -0.468 e. The van der Waals surface area contributed by atoms with E-state index in [1.165, 1.54) is 29.6 Å². The molecule has 1 aromatic heterocycles. The fourth-order valence-electron chi connectivity index (χ4n) is 2.59. The maximum absolute atomic E-state index is 12.7. The summed E-state index contributed by atoms with van der Waals surface area (Å²) in [6, 6.07) is 7.36. The first kappa shape index (κ1) is 22.4. The maximum Gasteiger partial charge on any atom is 0.252 e. The van der Waals surface area contributed by atoms with Crippen molar-refractivity contribution in [1.82, 2.24) is 14.5 Å². The highest BCUT2D eigenvalue weighted by Gasteiger charge is 2.25. The molecule has 154 valence electrons. The van der Waals surface area contributed by atoms with Crippen molar-refractivity contribution in [3.63, 3.8) is 0 Å². The molecular weight excluding hydrogens is 402 g/mol. The third-order valence-corrected chi connectivity index (χ3v) is 6.90. The summed E-state index contributed by atoms with van der Waals surface area (Å²) in [6.07, 6.45) is 1.57. The molecular formula is C19H26ClN3O4S. The van der Waals surface area contributed by atoms with Crippen molar-refractivity contribution in [3.8, 4) is 0 Å². The van der Waals surface area contributed by atoms with Crippen molar-refractivity contribution in [1.29, 1.82) is 0 Å². The fraction of sp³-hybridized carbons (Fsp3) is 0.421. The van der Waals surface area contributed by atoms with E-state index in [9.17, 15) is 13.2 Å². The molecule has 0 spiro atoms. The number of furan rings is 1. The molecule has 1 heterocycles. The van der Waals surface area contributed by atoms with Gasteiger partial charge in [0, 0.05) is 19.6 Å². The van der Waals surface area contributed by atoms with E-state index in [1.807, 2.05) is 25.1 Å². The lowest BCUT2D eigenvalue weighted by Gasteiger charge is -2.23. The zero-order chi connectivity index (χ0) is 21.1. The van der Waals surface area contributed by atoms with E-state index in [4.69, 9.17) is 16.0 Å². The Labute approximate surface area is 171 Å². The summed E-state index contributed by atoms with van der Waals surface area (Å²) < 4.78 is 32.1. The maximum atomic E-state index is 12.7. The summed E-state index contributed by atoms with van der Waals surface area (Å²) in [6.45, 7) is 3.83. The van der Waals surface area contributed by atoms with Gasteiger partial charge >= 0.3 is 0 Å². The number of benzene rings is 1. The van der Waals surface area contributed by atoms with Gasteiger partial charge in [-0.1, -0.05) is 11.6 Å². The summed E-state index contributed by atoms with van der Waals surface area (Å²) in [5.41, 5.74) is 0.108. The van der Waals surface area contributed by atoms with Gasteiger partial charge in [-0.2, -0.15) is 4.31 Å². The minimum absolute atomic E-state index is 0.0217. The zero-order valence-corrected chi connectivity index (χ0v) is 18.2. The Kier molecular flexibility index (Phi) is 7.28. The monoisotopic (exact) mass is 427 g/mol. The second-order valence-corrected chi connectivity index (χ2v) is 9.37. The quantitative estimate of drug-likeness (QED) is 0.700. The molecule has 1 amide bonds. The normalized spacial score (nSPS) is 13.3. The molecule has 9 heteroatoms. The average Bonchev–Trinajstić information content (AvgIpc) is 3.15. The van der Waals surface area contributed by atoms with Crippen LogP contribution in [0.4, 0.5) is 0 Å². The lowest BCUT2D eigenvalue weighted by atomic mass is 10.1. The molecule has 28 heavy (non-hydrogen) atoms. The topological polar surface area (TPSA) is 82.9 Å². The van der Waals surface area contributed by atoms with E-state index in [2.05, 4.69) is 5.32 Å². The molecule has 0 aliphatic rings. The lowest BCUT2D eigenvalue weighted by Crippen LogP contribution is -2.35. The van der Waals surface area contributed by atoms with Gasteiger partial charge in [0.2, 0.25) is 10.0 Å². The van der Waals surface area contributed by atoms with Gasteiger partial charge in [0.15, 0.2) is 0 Å². The van der Waals surface area contributed by atoms with E-state index < -0.39 is 15.9 Å². The number of hydrogen-bond donors (Lipinski definition) is 1. The highest BCUT2D eigenvalue weighted by Crippen LogP contribution is 2.24. The molecule has 7 nitrogen and oxygen atoms in total. The number of rotatable bonds is 8. The van der Waals surface area contributed by atoms with Crippen LogP contribution in [0.1, 0.15) is 36.0 Å². The molecule has 1 unspecified atom stereocenters. The number of nitrogens with zero attached hydrogens (tertiary/aromatic N) is 2. The third kappa shape index (κ3) is 4.94. The molecule has 0 aliphatic heterocycles. The van der Waals surface area contributed by atoms with Gasteiger partial charge in [0.05, 0.1) is 27.8 Å². The van der Waals surface area contributed by atoms with Crippen LogP contribution in [0.15, 0.2) is 45.9 Å². The summed E-state index contributed by atoms with van der Waals surface area (Å²) in [7, 11) is 1.53. The van der Waals surface area contributed by atoms with Gasteiger partial charge in [-0.05, 0) is 58.3 Å². The van der Waals surface area contributed by atoms with Crippen LogP contribution in [0, 0.1) is 0 Å². The van der Waals surface area contributed by atoms with Crippen LogP contribution >= 0.6 is 11.6 Å². The van der Waals surface area contributed by atoms with Gasteiger partial charge < -0.3 is 9.73 Å². The second kappa shape index (κ2) is 9.09. The molecule has 0 saturated heterocycles. The lowest BCUT2D eigenvalue weighted by molar-refractivity contribution is 0.0939. The Hall–Kier alpha value is -1.87. The number of amides is 1. The minimum atomic E-state index is -3.72. The Bertz CT molecular complexity index is 911. The SMILES string of the molecule is CC(C)N(C)S(=O)(=O)c1ccc(Cl)c(C(=O)NCC(c2ccco2)N(C)C)c1. The molecule has 2 aromatic rings. The second-order valence-electron chi connectivity index (χ2n) is 6.96. The van der Waals surface area contributed by atoms with Crippen LogP contribution in [-0.2, 0) is 10.0 Å². The van der Waals surface area contributed by atoms with Gasteiger partial charge in [-0.3, -0.25) is 9.69 Å². The number of hydrogen-bond acceptors (Lipinski definition) is 5. The van der Waals surface area contributed by atoms with Gasteiger partial charge in [0.1, 0.15) is 5.76 Å². The van der Waals surface area contributed by atoms with Crippen molar-refractivity contribution in [2.75, 3.05) is 27.7 Å². The van der Waals surface area contributed by atoms with Crippen LogP contribution in [-0.4, -0.2) is 57.3 Å². The first-order valence-corrected chi connectivity index (χ1v) is 10.6. The van der Waals surface area contributed by atoms with Crippen LogP contribution in [0.5, 0.6) is 0 Å². The molecule has 2 rings (SSSR count). The van der Waals surface area contributed by atoms with E-state index in [1.54, 1.807) is 26.2 Å². The van der Waals surface area contributed by atoms with E-state index in [0.717, 1.165) is 0 Å². The Morgan fingerprint density at radius 1 is 1.21 bits per heavy atom. The number of likely N-dealkylation sites (N-methyl/N-ethyl adjacent to an activating group) is 1. The molecule has 0 aliphatic carbocycles. The predicted molar refractivity (Wildman–Crippen MR) is 109 cm³/mol. The van der Waals surface area contributed by atoms with Gasteiger partial charge in [0.25, 0.3) is 5.91 Å². The van der Waals surface area contributed by atoms with Crippen molar-refractivity contribution >= 4 is 27.5 Å². The Morgan fingerprint density at radius 3 is 2.43 bits per heavy atom. The Balaban J connectivity index is 2.24. The van der Waals surface area contributed by atoms with Crippen LogP contribution in [0.3, 0.4) is 0 Å². The summed E-state index contributed by atoms with van der Waals surface area (Å²) in [4.78, 5) is 14.6. The highest BCUT2D eigenvalue weighted by atomic mass is 35.5. The van der Waals surface area contributed by atoms with Gasteiger partial charge in [-0.25, -0.2) is 8.42 Å². The van der Waals surface area contributed by atoms with Gasteiger partial charge in [-0.15, -0.1) is 0 Å². The zero-order valence-electron chi connectivity index (χ0n) is 16.6. The Morgan fingerprint density at radius 2 is 1.89 bits per heavy atom. The number of sulfonamides is 1. The molecule has 1 aromatic carbocycles. The van der Waals surface area contributed by atoms with Crippen molar-refractivity contribution < 1.29 is 17.6 Å². The molecule has 1 N–H and O–H groups in total. The smallest absolute Gasteiger partial charge is 0.252 e. The van der Waals surface area contributed by atoms with Crippen molar-refractivity contribution in [2.24, 2.45) is 0 Å². The van der Waals surface area contributed by atoms with Crippen LogP contribution in [0.2, 0.25) is 5.02 Å². The number of carbonyl (C=O) groups excluding carboxylic acids is 1. The molecule has 0 fully saturated rings. The van der Waals surface area contributed by atoms with E-state index in [-0.39, 0.29) is 34.1 Å². The van der Waals surface area contributed by atoms with Crippen molar-refractivity contribution in [2.45, 2.75) is 30.8 Å². The molecule has 0 saturated carbocycles. The van der Waals surface area contributed by atoms with E-state index in [0.29, 0.717) is 5.76 Å². The first-order valence-electron chi connectivity index (χ1n) is 8.81. The fourth-order valence-corrected chi connectivity index (χ4v) is 4.18. The first-order chi connectivity index (χ1) is 13.1. The summed E-state index contributed by atoms with van der Waals surface area (Å²) >= 11 is 6.16. The highest BCUT2D eigenvalue weighted by molar-refractivity contribution is 7.89. The number of nitrogens with one attached hydrogen (secondary N) is 1. The summed E-state index contributed by atoms with van der Waals surface area (Å²) in [5, 5.41) is 2.99. The molecule has 1 atom stereocenters. The molecule has 0 bridgehead atoms.